The second-order valence-corrected chi connectivity index (χ2v) is 7.36. The van der Waals surface area contributed by atoms with Gasteiger partial charge in [0.1, 0.15) is 10.7 Å². The summed E-state index contributed by atoms with van der Waals surface area (Å²) in [6.45, 7) is 5.35. The zero-order valence-electron chi connectivity index (χ0n) is 12.5. The summed E-state index contributed by atoms with van der Waals surface area (Å²) in [6.07, 6.45) is 1.48. The molecule has 1 aromatic carbocycles. The molecule has 22 heavy (non-hydrogen) atoms. The molecule has 0 saturated heterocycles. The Morgan fingerprint density at radius 1 is 1.41 bits per heavy atom. The smallest absolute Gasteiger partial charge is 0.244 e. The standard InChI is InChI=1S/C14H17ClFN3O2S/c1-9(2)19-8-14(10(3)18-19)22(20,21)17-7-11-6-12(16)4-5-13(11)15/h4-6,8-9,17H,7H2,1-3H3. The number of rotatable bonds is 5. The van der Waals surface area contributed by atoms with Crippen LogP contribution in [0, 0.1) is 12.7 Å². The molecule has 8 heteroatoms. The Bertz CT molecular complexity index is 787. The van der Waals surface area contributed by atoms with Crippen molar-refractivity contribution < 1.29 is 12.8 Å². The van der Waals surface area contributed by atoms with E-state index in [1.54, 1.807) is 11.6 Å². The highest BCUT2D eigenvalue weighted by atomic mass is 35.5. The first kappa shape index (κ1) is 16.9. The van der Waals surface area contributed by atoms with Crippen LogP contribution in [0.4, 0.5) is 4.39 Å². The second kappa shape index (κ2) is 6.36. The molecule has 0 aliphatic rings. The van der Waals surface area contributed by atoms with E-state index in [0.717, 1.165) is 0 Å². The molecule has 2 rings (SSSR count). The Hall–Kier alpha value is -1.44. The quantitative estimate of drug-likeness (QED) is 0.905. The summed E-state index contributed by atoms with van der Waals surface area (Å²) in [7, 11) is -3.75. The van der Waals surface area contributed by atoms with E-state index in [0.29, 0.717) is 16.3 Å². The number of halogens is 2. The van der Waals surface area contributed by atoms with Gasteiger partial charge in [0.15, 0.2) is 0 Å². The molecule has 0 fully saturated rings. The maximum absolute atomic E-state index is 13.2. The van der Waals surface area contributed by atoms with Crippen LogP contribution >= 0.6 is 11.6 Å². The first-order chi connectivity index (χ1) is 10.2. The SMILES string of the molecule is Cc1nn(C(C)C)cc1S(=O)(=O)NCc1cc(F)ccc1Cl. The van der Waals surface area contributed by atoms with E-state index in [4.69, 9.17) is 11.6 Å². The molecule has 0 radical (unpaired) electrons. The van der Waals surface area contributed by atoms with E-state index < -0.39 is 15.8 Å². The molecular formula is C14H17ClFN3O2S. The Balaban J connectivity index is 2.23. The lowest BCUT2D eigenvalue weighted by Crippen LogP contribution is -2.23. The molecule has 120 valence electrons. The van der Waals surface area contributed by atoms with Crippen LogP contribution in [0.25, 0.3) is 0 Å². The monoisotopic (exact) mass is 345 g/mol. The molecule has 0 amide bonds. The van der Waals surface area contributed by atoms with Gasteiger partial charge in [-0.3, -0.25) is 4.68 Å². The third kappa shape index (κ3) is 3.66. The van der Waals surface area contributed by atoms with Gasteiger partial charge in [0.25, 0.3) is 0 Å². The van der Waals surface area contributed by atoms with Gasteiger partial charge in [-0.2, -0.15) is 5.10 Å². The van der Waals surface area contributed by atoms with Crippen LogP contribution < -0.4 is 4.72 Å². The van der Waals surface area contributed by atoms with E-state index in [1.165, 1.54) is 24.4 Å². The van der Waals surface area contributed by atoms with E-state index >= 15 is 0 Å². The van der Waals surface area contributed by atoms with Gasteiger partial charge in [0.05, 0.1) is 5.69 Å². The molecule has 5 nitrogen and oxygen atoms in total. The number of aromatic nitrogens is 2. The Labute approximate surface area is 134 Å². The minimum Gasteiger partial charge on any atom is -0.269 e. The molecule has 1 N–H and O–H groups in total. The van der Waals surface area contributed by atoms with Gasteiger partial charge in [-0.25, -0.2) is 17.5 Å². The number of benzene rings is 1. The predicted molar refractivity (Wildman–Crippen MR) is 82.8 cm³/mol. The van der Waals surface area contributed by atoms with Crippen LogP contribution in [-0.4, -0.2) is 18.2 Å². The minimum atomic E-state index is -3.75. The number of hydrogen-bond acceptors (Lipinski definition) is 3. The number of sulfonamides is 1. The molecule has 1 heterocycles. The van der Waals surface area contributed by atoms with Crippen molar-refractivity contribution in [2.75, 3.05) is 0 Å². The van der Waals surface area contributed by atoms with Gasteiger partial charge >= 0.3 is 0 Å². The van der Waals surface area contributed by atoms with Crippen molar-refractivity contribution in [3.63, 3.8) is 0 Å². The topological polar surface area (TPSA) is 64.0 Å². The van der Waals surface area contributed by atoms with Crippen LogP contribution in [0.5, 0.6) is 0 Å². The van der Waals surface area contributed by atoms with E-state index in [2.05, 4.69) is 9.82 Å². The molecule has 2 aromatic rings. The summed E-state index contributed by atoms with van der Waals surface area (Å²) in [5.41, 5.74) is 0.783. The van der Waals surface area contributed by atoms with Crippen molar-refractivity contribution in [3.8, 4) is 0 Å². The van der Waals surface area contributed by atoms with Crippen LogP contribution in [0.1, 0.15) is 31.1 Å². The zero-order valence-corrected chi connectivity index (χ0v) is 14.0. The lowest BCUT2D eigenvalue weighted by Gasteiger charge is -2.07. The number of aryl methyl sites for hydroxylation is 1. The molecule has 0 bridgehead atoms. The lowest BCUT2D eigenvalue weighted by molar-refractivity contribution is 0.528. The Kier molecular flexibility index (Phi) is 4.89. The summed E-state index contributed by atoms with van der Waals surface area (Å²) in [5.74, 6) is -0.470. The molecule has 0 spiro atoms. The first-order valence-corrected chi connectivity index (χ1v) is 8.56. The molecule has 0 aliphatic heterocycles. The van der Waals surface area contributed by atoms with Crippen molar-refractivity contribution in [2.24, 2.45) is 0 Å². The van der Waals surface area contributed by atoms with Crippen molar-refractivity contribution in [2.45, 2.75) is 38.3 Å². The third-order valence-corrected chi connectivity index (χ3v) is 5.02. The highest BCUT2D eigenvalue weighted by Crippen LogP contribution is 2.19. The average molecular weight is 346 g/mol. The normalized spacial score (nSPS) is 12.1. The highest BCUT2D eigenvalue weighted by Gasteiger charge is 2.21. The van der Waals surface area contributed by atoms with E-state index in [-0.39, 0.29) is 17.5 Å². The van der Waals surface area contributed by atoms with Gasteiger partial charge < -0.3 is 0 Å². The summed E-state index contributed by atoms with van der Waals surface area (Å²) in [4.78, 5) is 0.105. The molecular weight excluding hydrogens is 329 g/mol. The van der Waals surface area contributed by atoms with Crippen LogP contribution in [0.15, 0.2) is 29.3 Å². The molecule has 0 saturated carbocycles. The largest absolute Gasteiger partial charge is 0.269 e. The summed E-state index contributed by atoms with van der Waals surface area (Å²) in [6, 6.07) is 3.87. The second-order valence-electron chi connectivity index (χ2n) is 5.21. The fraction of sp³-hybridized carbons (Fsp3) is 0.357. The van der Waals surface area contributed by atoms with Crippen molar-refractivity contribution in [3.05, 3.63) is 46.5 Å². The zero-order chi connectivity index (χ0) is 16.5. The summed E-state index contributed by atoms with van der Waals surface area (Å²) < 4.78 is 41.9. The van der Waals surface area contributed by atoms with Crippen molar-refractivity contribution >= 4 is 21.6 Å². The highest BCUT2D eigenvalue weighted by molar-refractivity contribution is 7.89. The van der Waals surface area contributed by atoms with E-state index in [1.807, 2.05) is 13.8 Å². The Morgan fingerprint density at radius 2 is 2.09 bits per heavy atom. The van der Waals surface area contributed by atoms with Gasteiger partial charge in [0, 0.05) is 23.8 Å². The molecule has 0 atom stereocenters. The molecule has 0 aliphatic carbocycles. The van der Waals surface area contributed by atoms with Crippen LogP contribution in [-0.2, 0) is 16.6 Å². The number of hydrogen-bond donors (Lipinski definition) is 1. The number of nitrogens with zero attached hydrogens (tertiary/aromatic N) is 2. The van der Waals surface area contributed by atoms with Gasteiger partial charge in [-0.1, -0.05) is 11.6 Å². The number of nitrogens with one attached hydrogen (secondary N) is 1. The van der Waals surface area contributed by atoms with Gasteiger partial charge in [0.2, 0.25) is 10.0 Å². The van der Waals surface area contributed by atoms with Crippen LogP contribution in [0.2, 0.25) is 5.02 Å². The fourth-order valence-corrected chi connectivity index (χ4v) is 3.28. The fourth-order valence-electron chi connectivity index (χ4n) is 1.92. The van der Waals surface area contributed by atoms with Gasteiger partial charge in [-0.15, -0.1) is 0 Å². The van der Waals surface area contributed by atoms with Crippen LogP contribution in [0.3, 0.4) is 0 Å². The van der Waals surface area contributed by atoms with Crippen molar-refractivity contribution in [1.82, 2.24) is 14.5 Å². The average Bonchev–Trinajstić information content (AvgIpc) is 2.83. The predicted octanol–water partition coefficient (Wildman–Crippen LogP) is 3.04. The van der Waals surface area contributed by atoms with Crippen molar-refractivity contribution in [1.29, 1.82) is 0 Å². The maximum Gasteiger partial charge on any atom is 0.244 e. The maximum atomic E-state index is 13.2. The summed E-state index contributed by atoms with van der Waals surface area (Å²) in [5, 5.41) is 4.48. The first-order valence-electron chi connectivity index (χ1n) is 6.70. The minimum absolute atomic E-state index is 0.0558. The van der Waals surface area contributed by atoms with E-state index in [9.17, 15) is 12.8 Å². The Morgan fingerprint density at radius 3 is 2.68 bits per heavy atom. The summed E-state index contributed by atoms with van der Waals surface area (Å²) >= 11 is 5.93. The molecule has 1 aromatic heterocycles. The molecule has 0 unspecified atom stereocenters. The van der Waals surface area contributed by atoms with Gasteiger partial charge in [-0.05, 0) is 44.5 Å². The third-order valence-electron chi connectivity index (χ3n) is 3.15. The lowest BCUT2D eigenvalue weighted by atomic mass is 10.2.